The highest BCUT2D eigenvalue weighted by molar-refractivity contribution is 6.38. The highest BCUT2D eigenvalue weighted by Crippen LogP contribution is 2.23. The van der Waals surface area contributed by atoms with Crippen molar-refractivity contribution < 1.29 is 28.4 Å². The molecule has 0 bridgehead atoms. The van der Waals surface area contributed by atoms with E-state index in [9.17, 15) is 28.4 Å². The molecule has 3 N–H and O–H groups in total. The molecule has 2 saturated heterocycles. The molecule has 0 radical (unpaired) electrons. The van der Waals surface area contributed by atoms with Crippen molar-refractivity contribution in [2.45, 2.75) is 58.5 Å². The Bertz CT molecular complexity index is 1130. The van der Waals surface area contributed by atoms with Gasteiger partial charge in [-0.15, -0.1) is 0 Å². The summed E-state index contributed by atoms with van der Waals surface area (Å²) >= 11 is 5.76. The molecule has 2 unspecified atom stereocenters. The number of ketones is 1. The van der Waals surface area contributed by atoms with Crippen LogP contribution in [0.4, 0.5) is 4.39 Å². The van der Waals surface area contributed by atoms with Gasteiger partial charge in [0.15, 0.2) is 0 Å². The maximum Gasteiger partial charge on any atom is 0.292 e. The van der Waals surface area contributed by atoms with Gasteiger partial charge in [0.2, 0.25) is 23.5 Å². The molecular weight excluding hydrogens is 515 g/mol. The van der Waals surface area contributed by atoms with E-state index in [0.717, 1.165) is 18.6 Å². The molecule has 206 valence electrons. The number of benzene rings is 1. The molecule has 9 nitrogen and oxygen atoms in total. The molecule has 2 fully saturated rings. The summed E-state index contributed by atoms with van der Waals surface area (Å²) in [6.45, 7) is 7.06. The lowest BCUT2D eigenvalue weighted by atomic mass is 9.87. The van der Waals surface area contributed by atoms with Crippen LogP contribution in [-0.2, 0) is 24.0 Å². The third-order valence-electron chi connectivity index (χ3n) is 6.50. The van der Waals surface area contributed by atoms with Gasteiger partial charge >= 0.3 is 0 Å². The Kier molecular flexibility index (Phi) is 9.65. The minimum Gasteiger partial charge on any atom is -0.356 e. The summed E-state index contributed by atoms with van der Waals surface area (Å²) < 4.78 is 14.1. The Labute approximate surface area is 226 Å². The first-order chi connectivity index (χ1) is 17.8. The first-order valence-electron chi connectivity index (χ1n) is 12.7. The third-order valence-corrected chi connectivity index (χ3v) is 6.73. The van der Waals surface area contributed by atoms with E-state index in [1.165, 1.54) is 23.1 Å². The number of amides is 4. The Morgan fingerprint density at radius 2 is 1.89 bits per heavy atom. The van der Waals surface area contributed by atoms with Crippen molar-refractivity contribution in [1.82, 2.24) is 20.9 Å². The van der Waals surface area contributed by atoms with Crippen LogP contribution in [-0.4, -0.2) is 66.0 Å². The van der Waals surface area contributed by atoms with Crippen LogP contribution in [0, 0.1) is 17.2 Å². The zero-order valence-corrected chi connectivity index (χ0v) is 22.6. The summed E-state index contributed by atoms with van der Waals surface area (Å²) in [6.07, 6.45) is 3.87. The number of nitrogens with one attached hydrogen (secondary N) is 3. The van der Waals surface area contributed by atoms with Gasteiger partial charge < -0.3 is 20.9 Å². The van der Waals surface area contributed by atoms with Gasteiger partial charge in [0.1, 0.15) is 11.9 Å². The first kappa shape index (κ1) is 29.3. The van der Waals surface area contributed by atoms with Crippen molar-refractivity contribution in [3.05, 3.63) is 40.7 Å². The fourth-order valence-corrected chi connectivity index (χ4v) is 4.48. The molecule has 3 atom stereocenters. The molecule has 0 aliphatic carbocycles. The van der Waals surface area contributed by atoms with E-state index in [1.54, 1.807) is 0 Å². The second-order valence-electron chi connectivity index (χ2n) is 10.9. The van der Waals surface area contributed by atoms with E-state index < -0.39 is 47.3 Å². The predicted molar refractivity (Wildman–Crippen MR) is 140 cm³/mol. The lowest BCUT2D eigenvalue weighted by Crippen LogP contribution is -2.56. The van der Waals surface area contributed by atoms with Gasteiger partial charge in [-0.05, 0) is 49.3 Å². The van der Waals surface area contributed by atoms with Gasteiger partial charge in [0, 0.05) is 42.2 Å². The van der Waals surface area contributed by atoms with Crippen LogP contribution >= 0.6 is 11.6 Å². The number of likely N-dealkylation sites (tertiary alicyclic amines) is 1. The zero-order valence-electron chi connectivity index (χ0n) is 21.8. The molecule has 2 aliphatic rings. The summed E-state index contributed by atoms with van der Waals surface area (Å²) in [6, 6.07) is 1.78. The SMILES string of the molecule is CC(C)(C)C[C@H](NC(=O)/C=C/c1ccc(Cl)cc1F)C(=O)NC(CC1CCNC1=O)C(=O)C(=O)N1CCC1. The van der Waals surface area contributed by atoms with Crippen LogP contribution in [0.5, 0.6) is 0 Å². The number of carbonyl (C=O) groups is 5. The highest BCUT2D eigenvalue weighted by atomic mass is 35.5. The molecule has 0 spiro atoms. The molecule has 11 heteroatoms. The summed E-state index contributed by atoms with van der Waals surface area (Å²) in [5.41, 5.74) is -0.245. The number of nitrogens with zero attached hydrogens (tertiary/aromatic N) is 1. The van der Waals surface area contributed by atoms with Gasteiger partial charge in [-0.3, -0.25) is 24.0 Å². The number of carbonyl (C=O) groups excluding carboxylic acids is 5. The fourth-order valence-electron chi connectivity index (χ4n) is 4.33. The Balaban J connectivity index is 1.75. The van der Waals surface area contributed by atoms with Crippen LogP contribution in [0.3, 0.4) is 0 Å². The van der Waals surface area contributed by atoms with E-state index in [2.05, 4.69) is 16.0 Å². The maximum absolute atomic E-state index is 14.1. The van der Waals surface area contributed by atoms with Gasteiger partial charge in [-0.2, -0.15) is 0 Å². The van der Waals surface area contributed by atoms with Crippen LogP contribution < -0.4 is 16.0 Å². The quantitative estimate of drug-likeness (QED) is 0.305. The first-order valence-corrected chi connectivity index (χ1v) is 13.1. The molecule has 0 saturated carbocycles. The van der Waals surface area contributed by atoms with E-state index in [0.29, 0.717) is 26.1 Å². The second kappa shape index (κ2) is 12.5. The Hall–Kier alpha value is -3.27. The molecule has 1 aromatic carbocycles. The Morgan fingerprint density at radius 3 is 2.45 bits per heavy atom. The predicted octanol–water partition coefficient (Wildman–Crippen LogP) is 2.23. The smallest absolute Gasteiger partial charge is 0.292 e. The summed E-state index contributed by atoms with van der Waals surface area (Å²) in [5, 5.41) is 8.18. The van der Waals surface area contributed by atoms with Gasteiger partial charge in [0.25, 0.3) is 5.91 Å². The van der Waals surface area contributed by atoms with Crippen LogP contribution in [0.15, 0.2) is 24.3 Å². The molecule has 1 aromatic rings. The fraction of sp³-hybridized carbons (Fsp3) is 0.519. The van der Waals surface area contributed by atoms with E-state index in [4.69, 9.17) is 11.6 Å². The van der Waals surface area contributed by atoms with Crippen molar-refractivity contribution in [1.29, 1.82) is 0 Å². The number of rotatable bonds is 10. The minimum absolute atomic E-state index is 0.0120. The largest absolute Gasteiger partial charge is 0.356 e. The van der Waals surface area contributed by atoms with E-state index in [-0.39, 0.29) is 34.7 Å². The van der Waals surface area contributed by atoms with Gasteiger partial charge in [0.05, 0.1) is 6.04 Å². The molecule has 4 amide bonds. The van der Waals surface area contributed by atoms with Gasteiger partial charge in [-0.25, -0.2) is 4.39 Å². The van der Waals surface area contributed by atoms with Crippen LogP contribution in [0.1, 0.15) is 52.0 Å². The Morgan fingerprint density at radius 1 is 1.18 bits per heavy atom. The van der Waals surface area contributed by atoms with Crippen molar-refractivity contribution in [3.8, 4) is 0 Å². The molecule has 2 aliphatic heterocycles. The number of Topliss-reactive ketones (excluding diaryl/α,β-unsaturated/α-hetero) is 1. The van der Waals surface area contributed by atoms with E-state index in [1.807, 2.05) is 20.8 Å². The molecule has 2 heterocycles. The van der Waals surface area contributed by atoms with Crippen molar-refractivity contribution >= 4 is 47.1 Å². The summed E-state index contributed by atoms with van der Waals surface area (Å²) in [7, 11) is 0. The molecule has 38 heavy (non-hydrogen) atoms. The second-order valence-corrected chi connectivity index (χ2v) is 11.3. The number of hydrogen-bond acceptors (Lipinski definition) is 5. The van der Waals surface area contributed by atoms with Crippen LogP contribution in [0.2, 0.25) is 5.02 Å². The lowest BCUT2D eigenvalue weighted by molar-refractivity contribution is -0.149. The normalized spacial score (nSPS) is 18.9. The van der Waals surface area contributed by atoms with Gasteiger partial charge in [-0.1, -0.05) is 38.4 Å². The average molecular weight is 549 g/mol. The summed E-state index contributed by atoms with van der Waals surface area (Å²) in [5.74, 6) is -4.10. The minimum atomic E-state index is -1.21. The standard InChI is InChI=1S/C27H34ClFN4O5/c1-27(2,3)15-21(31-22(34)8-6-16-5-7-18(28)14-19(16)29)25(37)32-20(13-17-9-10-30-24(17)36)23(35)26(38)33-11-4-12-33/h5-8,14,17,20-21H,4,9-13,15H2,1-3H3,(H,30,36)(H,31,34)(H,32,37)/b8-6+/t17?,20?,21-/m0/s1. The molecular formula is C27H34ClFN4O5. The van der Waals surface area contributed by atoms with Crippen LogP contribution in [0.25, 0.3) is 6.08 Å². The number of halogens is 2. The number of hydrogen-bond donors (Lipinski definition) is 3. The van der Waals surface area contributed by atoms with Crippen molar-refractivity contribution in [2.24, 2.45) is 11.3 Å². The lowest BCUT2D eigenvalue weighted by Gasteiger charge is -2.32. The summed E-state index contributed by atoms with van der Waals surface area (Å²) in [4.78, 5) is 65.3. The molecule has 0 aromatic heterocycles. The van der Waals surface area contributed by atoms with E-state index >= 15 is 0 Å². The molecule has 3 rings (SSSR count). The van der Waals surface area contributed by atoms with Crippen molar-refractivity contribution in [3.63, 3.8) is 0 Å². The van der Waals surface area contributed by atoms with Crippen molar-refractivity contribution in [2.75, 3.05) is 19.6 Å². The topological polar surface area (TPSA) is 125 Å². The maximum atomic E-state index is 14.1. The average Bonchev–Trinajstić information content (AvgIpc) is 3.19. The third kappa shape index (κ3) is 8.11. The monoisotopic (exact) mass is 548 g/mol. The zero-order chi connectivity index (χ0) is 28.0. The highest BCUT2D eigenvalue weighted by Gasteiger charge is 2.38.